The van der Waals surface area contributed by atoms with Crippen LogP contribution in [0.1, 0.15) is 51.5 Å². The number of fused-ring (bicyclic) bond motifs is 5. The topological polar surface area (TPSA) is 72.4 Å². The fraction of sp³-hybridized carbons (Fsp3) is 0.310. The van der Waals surface area contributed by atoms with Crippen LogP contribution in [0.4, 0.5) is 0 Å². The first-order chi connectivity index (χ1) is 17.6. The van der Waals surface area contributed by atoms with Crippen molar-refractivity contribution in [1.82, 2.24) is 15.2 Å². The average molecular weight is 502 g/mol. The van der Waals surface area contributed by atoms with Crippen molar-refractivity contribution in [2.45, 2.75) is 31.7 Å². The molecule has 6 rings (SSSR count). The van der Waals surface area contributed by atoms with Crippen LogP contribution in [0.15, 0.2) is 48.5 Å². The second-order valence-electron chi connectivity index (χ2n) is 9.63. The Morgan fingerprint density at radius 3 is 2.53 bits per heavy atom. The van der Waals surface area contributed by atoms with Crippen LogP contribution in [0.25, 0.3) is 32.9 Å². The number of halogens is 1. The largest absolute Gasteiger partial charge is 0.385 e. The molecule has 0 bridgehead atoms. The first kappa shape index (κ1) is 23.2. The van der Waals surface area contributed by atoms with Gasteiger partial charge in [0, 0.05) is 47.1 Å². The lowest BCUT2D eigenvalue weighted by atomic mass is 9.89. The van der Waals surface area contributed by atoms with Crippen molar-refractivity contribution < 1.29 is 14.3 Å². The molecule has 0 aliphatic carbocycles. The first-order valence-corrected chi connectivity index (χ1v) is 12.9. The molecule has 0 radical (unpaired) electrons. The van der Waals surface area contributed by atoms with Gasteiger partial charge >= 0.3 is 0 Å². The molecule has 1 fully saturated rings. The second-order valence-corrected chi connectivity index (χ2v) is 10.0. The molecule has 4 aromatic rings. The van der Waals surface area contributed by atoms with Gasteiger partial charge in [0.1, 0.15) is 0 Å². The normalized spacial score (nSPS) is 16.2. The van der Waals surface area contributed by atoms with Crippen LogP contribution in [0.2, 0.25) is 5.02 Å². The number of amides is 2. The Bertz CT molecular complexity index is 1520. The zero-order chi connectivity index (χ0) is 24.8. The monoisotopic (exact) mass is 501 g/mol. The lowest BCUT2D eigenvalue weighted by Gasteiger charge is -2.23. The van der Waals surface area contributed by atoms with Crippen molar-refractivity contribution in [2.75, 3.05) is 26.8 Å². The van der Waals surface area contributed by atoms with Crippen LogP contribution >= 0.6 is 11.6 Å². The van der Waals surface area contributed by atoms with Crippen molar-refractivity contribution in [3.63, 3.8) is 0 Å². The van der Waals surface area contributed by atoms with Gasteiger partial charge < -0.3 is 14.6 Å². The molecular weight excluding hydrogens is 474 g/mol. The van der Waals surface area contributed by atoms with Crippen molar-refractivity contribution in [3.05, 3.63) is 70.2 Å². The van der Waals surface area contributed by atoms with E-state index in [1.807, 2.05) is 30.3 Å². The predicted octanol–water partition coefficient (Wildman–Crippen LogP) is 5.50. The Balaban J connectivity index is 1.67. The number of nitrogens with zero attached hydrogens (tertiary/aromatic N) is 1. The zero-order valence-electron chi connectivity index (χ0n) is 20.2. The van der Waals surface area contributed by atoms with Crippen LogP contribution < -0.4 is 10.6 Å². The third-order valence-electron chi connectivity index (χ3n) is 7.57. The molecule has 3 aromatic carbocycles. The van der Waals surface area contributed by atoms with Gasteiger partial charge in [-0.15, -0.1) is 0 Å². The van der Waals surface area contributed by atoms with Gasteiger partial charge in [-0.25, -0.2) is 0 Å². The summed E-state index contributed by atoms with van der Waals surface area (Å²) in [5, 5.41) is 8.35. The summed E-state index contributed by atoms with van der Waals surface area (Å²) in [7, 11) is 1.71. The van der Waals surface area contributed by atoms with Gasteiger partial charge in [0.05, 0.1) is 16.6 Å². The molecule has 0 spiro atoms. The number of benzene rings is 3. The molecule has 0 unspecified atom stereocenters. The summed E-state index contributed by atoms with van der Waals surface area (Å²) in [6, 6.07) is 16.1. The molecule has 2 aliphatic rings. The van der Waals surface area contributed by atoms with Gasteiger partial charge in [0.2, 0.25) is 0 Å². The van der Waals surface area contributed by atoms with E-state index in [1.165, 1.54) is 5.56 Å². The highest BCUT2D eigenvalue weighted by Gasteiger charge is 2.35. The number of carbonyl (C=O) groups excluding carboxylic acids is 2. The molecule has 0 saturated carbocycles. The van der Waals surface area contributed by atoms with Gasteiger partial charge in [-0.1, -0.05) is 41.9 Å². The number of methoxy groups -OCH3 is 1. The van der Waals surface area contributed by atoms with Crippen molar-refractivity contribution in [2.24, 2.45) is 0 Å². The van der Waals surface area contributed by atoms with E-state index in [-0.39, 0.29) is 11.8 Å². The maximum Gasteiger partial charge on any atom is 0.259 e. The molecule has 7 heteroatoms. The summed E-state index contributed by atoms with van der Waals surface area (Å²) in [5.41, 5.74) is 5.61. The number of hydrogen-bond acceptors (Lipinski definition) is 4. The molecule has 2 aliphatic heterocycles. The number of nitrogens with one attached hydrogen (secondary N) is 2. The minimum Gasteiger partial charge on any atom is -0.385 e. The Kier molecular flexibility index (Phi) is 6.04. The highest BCUT2D eigenvalue weighted by Crippen LogP contribution is 2.43. The molecule has 1 aromatic heterocycles. The molecule has 184 valence electrons. The van der Waals surface area contributed by atoms with Crippen LogP contribution in [0, 0.1) is 0 Å². The minimum absolute atomic E-state index is 0.354. The highest BCUT2D eigenvalue weighted by atomic mass is 35.5. The van der Waals surface area contributed by atoms with E-state index in [1.54, 1.807) is 7.11 Å². The lowest BCUT2D eigenvalue weighted by molar-refractivity contribution is 0.0880. The second kappa shape index (κ2) is 9.36. The van der Waals surface area contributed by atoms with E-state index in [0.29, 0.717) is 34.2 Å². The Morgan fingerprint density at radius 1 is 0.972 bits per heavy atom. The number of aryl methyl sites for hydroxylation is 1. The SMILES string of the molecule is COCCCn1c2cc(C3CCNCC3)ccc2c2c3c(c(-c4ccccc4Cl)cc21)C(=O)NC3=O. The number of carbonyl (C=O) groups is 2. The molecule has 6 nitrogen and oxygen atoms in total. The van der Waals surface area contributed by atoms with Crippen molar-refractivity contribution in [3.8, 4) is 11.1 Å². The zero-order valence-corrected chi connectivity index (χ0v) is 21.0. The number of ether oxygens (including phenoxy) is 1. The minimum atomic E-state index is -0.376. The summed E-state index contributed by atoms with van der Waals surface area (Å²) in [4.78, 5) is 26.2. The summed E-state index contributed by atoms with van der Waals surface area (Å²) in [6.45, 7) is 3.42. The predicted molar refractivity (Wildman–Crippen MR) is 143 cm³/mol. The summed E-state index contributed by atoms with van der Waals surface area (Å²) in [6.07, 6.45) is 3.05. The van der Waals surface area contributed by atoms with E-state index < -0.39 is 0 Å². The number of aromatic nitrogens is 1. The Morgan fingerprint density at radius 2 is 1.75 bits per heavy atom. The molecule has 36 heavy (non-hydrogen) atoms. The molecule has 1 saturated heterocycles. The maximum atomic E-state index is 13.2. The van der Waals surface area contributed by atoms with Crippen LogP contribution in [-0.4, -0.2) is 43.2 Å². The summed E-state index contributed by atoms with van der Waals surface area (Å²) < 4.78 is 7.63. The van der Waals surface area contributed by atoms with Crippen molar-refractivity contribution in [1.29, 1.82) is 0 Å². The summed E-state index contributed by atoms with van der Waals surface area (Å²) >= 11 is 6.58. The van der Waals surface area contributed by atoms with E-state index in [0.717, 1.165) is 66.3 Å². The van der Waals surface area contributed by atoms with E-state index in [4.69, 9.17) is 16.3 Å². The lowest BCUT2D eigenvalue weighted by Crippen LogP contribution is -2.26. The average Bonchev–Trinajstić information content (AvgIpc) is 3.37. The number of rotatable bonds is 6. The Labute approximate surface area is 214 Å². The quantitative estimate of drug-likeness (QED) is 0.270. The third-order valence-corrected chi connectivity index (χ3v) is 7.89. The third kappa shape index (κ3) is 3.72. The smallest absolute Gasteiger partial charge is 0.259 e. The van der Waals surface area contributed by atoms with Gasteiger partial charge in [0.25, 0.3) is 11.8 Å². The van der Waals surface area contributed by atoms with E-state index >= 15 is 0 Å². The van der Waals surface area contributed by atoms with E-state index in [2.05, 4.69) is 33.4 Å². The van der Waals surface area contributed by atoms with Gasteiger partial charge in [-0.3, -0.25) is 14.9 Å². The van der Waals surface area contributed by atoms with Gasteiger partial charge in [0.15, 0.2) is 0 Å². The van der Waals surface area contributed by atoms with Gasteiger partial charge in [-0.2, -0.15) is 0 Å². The van der Waals surface area contributed by atoms with Crippen molar-refractivity contribution >= 4 is 45.2 Å². The fourth-order valence-corrected chi connectivity index (χ4v) is 6.11. The van der Waals surface area contributed by atoms with E-state index in [9.17, 15) is 9.59 Å². The molecule has 3 heterocycles. The van der Waals surface area contributed by atoms with Gasteiger partial charge in [-0.05, 0) is 67.6 Å². The molecule has 2 amide bonds. The molecule has 0 atom stereocenters. The number of hydrogen-bond donors (Lipinski definition) is 2. The summed E-state index contributed by atoms with van der Waals surface area (Å²) in [5.74, 6) is -0.221. The Hall–Kier alpha value is -3.19. The number of imide groups is 1. The highest BCUT2D eigenvalue weighted by molar-refractivity contribution is 6.36. The standard InChI is InChI=1S/C29H28ClN3O3/c1-36-14-4-13-33-23-15-18(17-9-11-31-12-10-17)7-8-20(23)25-24(33)16-21(19-5-2-3-6-22(19)30)26-27(25)29(35)32-28(26)34/h2-3,5-8,15-17,31H,4,9-14H2,1H3,(H,32,34,35). The molecular formula is C29H28ClN3O3. The maximum absolute atomic E-state index is 13.2. The molecule has 2 N–H and O–H groups in total. The van der Waals surface area contributed by atoms with Crippen LogP contribution in [0.5, 0.6) is 0 Å². The van der Waals surface area contributed by atoms with Crippen LogP contribution in [-0.2, 0) is 11.3 Å². The number of piperidine rings is 1. The van der Waals surface area contributed by atoms with Crippen LogP contribution in [0.3, 0.4) is 0 Å². The first-order valence-electron chi connectivity index (χ1n) is 12.5. The fourth-order valence-electron chi connectivity index (χ4n) is 5.87.